The molecule has 0 aliphatic heterocycles. The molecule has 1 aromatic carbocycles. The molecule has 7 heteroatoms. The highest BCUT2D eigenvalue weighted by Gasteiger charge is 2.05. The van der Waals surface area contributed by atoms with Crippen LogP contribution in [0.4, 0.5) is 17.6 Å². The molecule has 2 rings (SSSR count). The largest absolute Gasteiger partial charge is 0.463 e. The Labute approximate surface area is 119 Å². The number of ether oxygens (including phenoxy) is 1. The first-order valence-corrected chi connectivity index (χ1v) is 6.63. The third kappa shape index (κ3) is 4.06. The number of nitrogens with one attached hydrogen (secondary N) is 1. The van der Waals surface area contributed by atoms with Crippen LogP contribution in [0.25, 0.3) is 0 Å². The molecule has 0 saturated heterocycles. The molecule has 0 spiro atoms. The highest BCUT2D eigenvalue weighted by atomic mass is 79.9. The van der Waals surface area contributed by atoms with Crippen molar-refractivity contribution in [3.05, 3.63) is 28.7 Å². The molecule has 3 N–H and O–H groups in total. The maximum absolute atomic E-state index is 5.62. The third-order valence-corrected chi connectivity index (χ3v) is 2.70. The predicted octanol–water partition coefficient (Wildman–Crippen LogP) is 2.75. The van der Waals surface area contributed by atoms with Crippen molar-refractivity contribution in [2.45, 2.75) is 13.3 Å². The van der Waals surface area contributed by atoms with Gasteiger partial charge in [0.25, 0.3) is 0 Å². The molecule has 6 nitrogen and oxygen atoms in total. The minimum absolute atomic E-state index is 0.126. The molecule has 0 aliphatic carbocycles. The topological polar surface area (TPSA) is 86.0 Å². The number of aromatic nitrogens is 3. The molecular formula is C12H14BrN5O. The van der Waals surface area contributed by atoms with Crippen LogP contribution in [0.2, 0.25) is 0 Å². The maximum Gasteiger partial charge on any atom is 0.323 e. The van der Waals surface area contributed by atoms with Crippen LogP contribution < -0.4 is 15.8 Å². The zero-order chi connectivity index (χ0) is 13.7. The number of hydrogen-bond acceptors (Lipinski definition) is 6. The first-order valence-electron chi connectivity index (χ1n) is 5.84. The normalized spacial score (nSPS) is 10.2. The van der Waals surface area contributed by atoms with Crippen molar-refractivity contribution >= 4 is 33.5 Å². The molecule has 100 valence electrons. The Morgan fingerprint density at radius 3 is 2.63 bits per heavy atom. The average Bonchev–Trinajstić information content (AvgIpc) is 2.38. The fraction of sp³-hybridized carbons (Fsp3) is 0.250. The van der Waals surface area contributed by atoms with Gasteiger partial charge in [0.15, 0.2) is 0 Å². The van der Waals surface area contributed by atoms with E-state index in [0.29, 0.717) is 12.6 Å². The molecule has 0 saturated carbocycles. The van der Waals surface area contributed by atoms with E-state index < -0.39 is 0 Å². The smallest absolute Gasteiger partial charge is 0.323 e. The lowest BCUT2D eigenvalue weighted by Gasteiger charge is -2.07. The van der Waals surface area contributed by atoms with Crippen LogP contribution in [0.15, 0.2) is 28.7 Å². The fourth-order valence-corrected chi connectivity index (χ4v) is 1.61. The molecule has 19 heavy (non-hydrogen) atoms. The minimum Gasteiger partial charge on any atom is -0.463 e. The molecule has 0 atom stereocenters. The van der Waals surface area contributed by atoms with Gasteiger partial charge in [-0.15, -0.1) is 0 Å². The molecule has 2 aromatic rings. The van der Waals surface area contributed by atoms with E-state index in [0.717, 1.165) is 16.6 Å². The maximum atomic E-state index is 5.62. The summed E-state index contributed by atoms with van der Waals surface area (Å²) >= 11 is 3.37. The quantitative estimate of drug-likeness (QED) is 0.879. The summed E-state index contributed by atoms with van der Waals surface area (Å²) < 4.78 is 6.34. The zero-order valence-electron chi connectivity index (χ0n) is 10.4. The second-order valence-electron chi connectivity index (χ2n) is 3.78. The number of benzene rings is 1. The first kappa shape index (κ1) is 13.5. The van der Waals surface area contributed by atoms with Crippen LogP contribution in [0.5, 0.6) is 6.01 Å². The van der Waals surface area contributed by atoms with Crippen molar-refractivity contribution in [2.24, 2.45) is 0 Å². The van der Waals surface area contributed by atoms with Crippen molar-refractivity contribution in [3.63, 3.8) is 0 Å². The summed E-state index contributed by atoms with van der Waals surface area (Å²) in [5.74, 6) is 0.488. The first-order chi connectivity index (χ1) is 9.17. The Morgan fingerprint density at radius 1 is 1.21 bits per heavy atom. The Bertz CT molecular complexity index is 546. The zero-order valence-corrected chi connectivity index (χ0v) is 12.0. The van der Waals surface area contributed by atoms with E-state index in [1.54, 1.807) is 0 Å². The van der Waals surface area contributed by atoms with E-state index in [1.807, 2.05) is 31.2 Å². The van der Waals surface area contributed by atoms with E-state index in [-0.39, 0.29) is 12.0 Å². The molecule has 0 fully saturated rings. The van der Waals surface area contributed by atoms with Crippen LogP contribution in [-0.2, 0) is 0 Å². The summed E-state index contributed by atoms with van der Waals surface area (Å²) in [6.07, 6.45) is 0.876. The van der Waals surface area contributed by atoms with Gasteiger partial charge in [-0.2, -0.15) is 15.0 Å². The lowest BCUT2D eigenvalue weighted by Crippen LogP contribution is -2.07. The molecule has 0 aliphatic rings. The van der Waals surface area contributed by atoms with E-state index in [2.05, 4.69) is 36.2 Å². The fourth-order valence-electron chi connectivity index (χ4n) is 1.35. The summed E-state index contributed by atoms with van der Waals surface area (Å²) in [5.41, 5.74) is 6.48. The Balaban J connectivity index is 2.15. The summed E-state index contributed by atoms with van der Waals surface area (Å²) in [6, 6.07) is 7.87. The van der Waals surface area contributed by atoms with Gasteiger partial charge in [0, 0.05) is 10.2 Å². The summed E-state index contributed by atoms with van der Waals surface area (Å²) in [4.78, 5) is 12.1. The SMILES string of the molecule is CCCOc1nc(N)nc(Nc2ccc(Br)cc2)n1. The molecule has 0 unspecified atom stereocenters. The molecular weight excluding hydrogens is 310 g/mol. The van der Waals surface area contributed by atoms with Crippen LogP contribution in [-0.4, -0.2) is 21.6 Å². The number of rotatable bonds is 5. The van der Waals surface area contributed by atoms with Gasteiger partial charge in [-0.1, -0.05) is 22.9 Å². The summed E-state index contributed by atoms with van der Waals surface area (Å²) in [5, 5.41) is 3.05. The highest BCUT2D eigenvalue weighted by molar-refractivity contribution is 9.10. The number of anilines is 3. The Hall–Kier alpha value is -1.89. The van der Waals surface area contributed by atoms with Crippen LogP contribution in [0.3, 0.4) is 0 Å². The lowest BCUT2D eigenvalue weighted by molar-refractivity contribution is 0.292. The molecule has 1 heterocycles. The summed E-state index contributed by atoms with van der Waals surface area (Å²) in [7, 11) is 0. The average molecular weight is 324 g/mol. The number of nitrogens with zero attached hydrogens (tertiary/aromatic N) is 3. The molecule has 0 amide bonds. The van der Waals surface area contributed by atoms with Gasteiger partial charge in [0.1, 0.15) is 0 Å². The Morgan fingerprint density at radius 2 is 1.95 bits per heavy atom. The molecule has 0 bridgehead atoms. The van der Waals surface area contributed by atoms with Crippen LogP contribution >= 0.6 is 15.9 Å². The summed E-state index contributed by atoms with van der Waals surface area (Å²) in [6.45, 7) is 2.55. The lowest BCUT2D eigenvalue weighted by atomic mass is 10.3. The van der Waals surface area contributed by atoms with Gasteiger partial charge in [-0.3, -0.25) is 0 Å². The second kappa shape index (κ2) is 6.33. The second-order valence-corrected chi connectivity index (χ2v) is 4.70. The van der Waals surface area contributed by atoms with Gasteiger partial charge in [0.05, 0.1) is 6.61 Å². The number of halogens is 1. The highest BCUT2D eigenvalue weighted by Crippen LogP contribution is 2.18. The van der Waals surface area contributed by atoms with Gasteiger partial charge < -0.3 is 15.8 Å². The van der Waals surface area contributed by atoms with E-state index in [9.17, 15) is 0 Å². The number of hydrogen-bond donors (Lipinski definition) is 2. The van der Waals surface area contributed by atoms with Gasteiger partial charge in [0.2, 0.25) is 11.9 Å². The van der Waals surface area contributed by atoms with Gasteiger partial charge in [-0.25, -0.2) is 0 Å². The predicted molar refractivity (Wildman–Crippen MR) is 77.5 cm³/mol. The van der Waals surface area contributed by atoms with Crippen molar-refractivity contribution in [2.75, 3.05) is 17.7 Å². The Kier molecular flexibility index (Phi) is 4.51. The van der Waals surface area contributed by atoms with Crippen molar-refractivity contribution in [3.8, 4) is 6.01 Å². The monoisotopic (exact) mass is 323 g/mol. The van der Waals surface area contributed by atoms with E-state index in [4.69, 9.17) is 10.5 Å². The number of nitrogens with two attached hydrogens (primary N) is 1. The van der Waals surface area contributed by atoms with E-state index in [1.165, 1.54) is 0 Å². The van der Waals surface area contributed by atoms with Gasteiger partial charge >= 0.3 is 6.01 Å². The van der Waals surface area contributed by atoms with Gasteiger partial charge in [-0.05, 0) is 30.7 Å². The minimum atomic E-state index is 0.126. The van der Waals surface area contributed by atoms with E-state index >= 15 is 0 Å². The molecule has 0 radical (unpaired) electrons. The standard InChI is InChI=1S/C12H14BrN5O/c1-2-7-19-12-17-10(14)16-11(18-12)15-9-5-3-8(13)4-6-9/h3-6H,2,7H2,1H3,(H3,14,15,16,17,18). The van der Waals surface area contributed by atoms with Crippen LogP contribution in [0.1, 0.15) is 13.3 Å². The number of nitrogen functional groups attached to an aromatic ring is 1. The molecule has 1 aromatic heterocycles. The van der Waals surface area contributed by atoms with Crippen molar-refractivity contribution < 1.29 is 4.74 Å². The third-order valence-electron chi connectivity index (χ3n) is 2.17. The van der Waals surface area contributed by atoms with Crippen molar-refractivity contribution in [1.29, 1.82) is 0 Å². The van der Waals surface area contributed by atoms with Crippen molar-refractivity contribution in [1.82, 2.24) is 15.0 Å². The van der Waals surface area contributed by atoms with Crippen LogP contribution in [0, 0.1) is 0 Å².